The molecule has 0 aliphatic carbocycles. The lowest BCUT2D eigenvalue weighted by Gasteiger charge is -2.19. The molecule has 0 aromatic heterocycles. The van der Waals surface area contributed by atoms with Crippen molar-refractivity contribution in [2.45, 2.75) is 37.5 Å². The molecule has 1 saturated heterocycles. The van der Waals surface area contributed by atoms with Gasteiger partial charge >= 0.3 is 0 Å². The van der Waals surface area contributed by atoms with Crippen LogP contribution in [0.3, 0.4) is 0 Å². The first-order valence-electron chi connectivity index (χ1n) is 8.02. The third-order valence-corrected chi connectivity index (χ3v) is 5.91. The Morgan fingerprint density at radius 3 is 2.38 bits per heavy atom. The van der Waals surface area contributed by atoms with Crippen LogP contribution in [0, 0.1) is 5.92 Å². The minimum Gasteiger partial charge on any atom is -0.355 e. The quantitative estimate of drug-likeness (QED) is 0.825. The Balaban J connectivity index is 0.00000288. The molecule has 1 atom stereocenters. The van der Waals surface area contributed by atoms with E-state index in [-0.39, 0.29) is 41.9 Å². The third kappa shape index (κ3) is 5.46. The maximum absolute atomic E-state index is 12.3. The Hall–Kier alpha value is -1.11. The van der Waals surface area contributed by atoms with Crippen LogP contribution < -0.4 is 10.6 Å². The van der Waals surface area contributed by atoms with E-state index >= 15 is 0 Å². The molecule has 1 heterocycles. The summed E-state index contributed by atoms with van der Waals surface area (Å²) in [5, 5.41) is 5.85. The van der Waals surface area contributed by atoms with Crippen molar-refractivity contribution in [3.8, 4) is 0 Å². The smallest absolute Gasteiger partial charge is 0.224 e. The number of benzene rings is 1. The van der Waals surface area contributed by atoms with E-state index in [1.165, 1.54) is 0 Å². The molecule has 1 fully saturated rings. The van der Waals surface area contributed by atoms with Crippen LogP contribution in [0.2, 0.25) is 0 Å². The summed E-state index contributed by atoms with van der Waals surface area (Å²) in [5.41, 5.74) is 1.09. The molecule has 0 saturated carbocycles. The largest absolute Gasteiger partial charge is 0.355 e. The molecule has 0 radical (unpaired) electrons. The van der Waals surface area contributed by atoms with Gasteiger partial charge < -0.3 is 10.6 Å². The predicted octanol–water partition coefficient (Wildman–Crippen LogP) is 1.91. The molecule has 5 nitrogen and oxygen atoms in total. The standard InChI is InChI=1S/C17H26N2O3S.ClH/c1-17(2,3)14-4-6-15(7-5-14)23(21,22)11-10-19-16(20)13-8-9-18-12-13;/h4-7,13,18H,8-12H2,1-3H3,(H,19,20);1H. The van der Waals surface area contributed by atoms with Crippen LogP contribution >= 0.6 is 12.4 Å². The fourth-order valence-corrected chi connectivity index (χ4v) is 3.77. The summed E-state index contributed by atoms with van der Waals surface area (Å²) >= 11 is 0. The second-order valence-corrected chi connectivity index (χ2v) is 9.18. The minimum absolute atomic E-state index is 0. The maximum atomic E-state index is 12.3. The van der Waals surface area contributed by atoms with Gasteiger partial charge in [-0.3, -0.25) is 4.79 Å². The van der Waals surface area contributed by atoms with Gasteiger partial charge in [-0.05, 0) is 36.1 Å². The molecule has 1 aromatic rings. The van der Waals surface area contributed by atoms with Gasteiger partial charge in [0.05, 0.1) is 16.6 Å². The number of amides is 1. The number of halogens is 1. The van der Waals surface area contributed by atoms with Crippen molar-refractivity contribution in [3.05, 3.63) is 29.8 Å². The number of nitrogens with one attached hydrogen (secondary N) is 2. The normalized spacial score (nSPS) is 18.0. The lowest BCUT2D eigenvalue weighted by molar-refractivity contribution is -0.124. The second kappa shape index (κ2) is 8.32. The Bertz CT molecular complexity index is 645. The molecule has 2 rings (SSSR count). The summed E-state index contributed by atoms with van der Waals surface area (Å²) in [6.45, 7) is 7.93. The average Bonchev–Trinajstić information content (AvgIpc) is 3.00. The van der Waals surface area contributed by atoms with Gasteiger partial charge in [0.1, 0.15) is 0 Å². The molecule has 1 amide bonds. The van der Waals surface area contributed by atoms with Gasteiger partial charge in [0.25, 0.3) is 0 Å². The molecule has 0 bridgehead atoms. The van der Waals surface area contributed by atoms with E-state index in [9.17, 15) is 13.2 Å². The molecule has 1 aliphatic heterocycles. The van der Waals surface area contributed by atoms with E-state index in [2.05, 4.69) is 31.4 Å². The van der Waals surface area contributed by atoms with Crippen molar-refractivity contribution in [3.63, 3.8) is 0 Å². The van der Waals surface area contributed by atoms with Gasteiger partial charge in [-0.1, -0.05) is 32.9 Å². The van der Waals surface area contributed by atoms with Crippen molar-refractivity contribution < 1.29 is 13.2 Å². The first-order valence-corrected chi connectivity index (χ1v) is 9.67. The predicted molar refractivity (Wildman–Crippen MR) is 98.4 cm³/mol. The molecule has 7 heteroatoms. The van der Waals surface area contributed by atoms with Crippen LogP contribution in [0.4, 0.5) is 0 Å². The van der Waals surface area contributed by atoms with E-state index in [1.54, 1.807) is 12.1 Å². The van der Waals surface area contributed by atoms with E-state index < -0.39 is 9.84 Å². The van der Waals surface area contributed by atoms with E-state index in [1.807, 2.05) is 12.1 Å². The highest BCUT2D eigenvalue weighted by molar-refractivity contribution is 7.91. The van der Waals surface area contributed by atoms with E-state index in [0.29, 0.717) is 11.4 Å². The Kier molecular flexibility index (Phi) is 7.25. The molecule has 1 aromatic carbocycles. The molecule has 0 spiro atoms. The molecule has 1 aliphatic rings. The average molecular weight is 375 g/mol. The Labute approximate surface area is 150 Å². The van der Waals surface area contributed by atoms with Crippen molar-refractivity contribution >= 4 is 28.2 Å². The van der Waals surface area contributed by atoms with E-state index in [4.69, 9.17) is 0 Å². The van der Waals surface area contributed by atoms with Crippen LogP contribution in [0.1, 0.15) is 32.8 Å². The van der Waals surface area contributed by atoms with Crippen molar-refractivity contribution in [1.29, 1.82) is 0 Å². The van der Waals surface area contributed by atoms with Gasteiger partial charge in [-0.15, -0.1) is 12.4 Å². The topological polar surface area (TPSA) is 75.3 Å². The summed E-state index contributed by atoms with van der Waals surface area (Å²) in [4.78, 5) is 12.2. The highest BCUT2D eigenvalue weighted by atomic mass is 35.5. The summed E-state index contributed by atoms with van der Waals surface area (Å²) in [6, 6.07) is 7.02. The Morgan fingerprint density at radius 2 is 1.88 bits per heavy atom. The third-order valence-electron chi connectivity index (χ3n) is 4.18. The highest BCUT2D eigenvalue weighted by Gasteiger charge is 2.23. The molecular weight excluding hydrogens is 348 g/mol. The Morgan fingerprint density at radius 1 is 1.25 bits per heavy atom. The van der Waals surface area contributed by atoms with E-state index in [0.717, 1.165) is 18.5 Å². The van der Waals surface area contributed by atoms with Crippen LogP contribution in [0.25, 0.3) is 0 Å². The molecule has 24 heavy (non-hydrogen) atoms. The van der Waals surface area contributed by atoms with Crippen LogP contribution in [-0.2, 0) is 20.0 Å². The van der Waals surface area contributed by atoms with Crippen LogP contribution in [0.15, 0.2) is 29.2 Å². The summed E-state index contributed by atoms with van der Waals surface area (Å²) in [6.07, 6.45) is 0.812. The zero-order chi connectivity index (χ0) is 17.1. The first-order chi connectivity index (χ1) is 10.7. The summed E-state index contributed by atoms with van der Waals surface area (Å²) in [7, 11) is -3.37. The SMILES string of the molecule is CC(C)(C)c1ccc(S(=O)(=O)CCNC(=O)C2CCNC2)cc1.Cl. The highest BCUT2D eigenvalue weighted by Crippen LogP contribution is 2.23. The van der Waals surface area contributed by atoms with Gasteiger partial charge in [-0.25, -0.2) is 8.42 Å². The van der Waals surface area contributed by atoms with Crippen LogP contribution in [0.5, 0.6) is 0 Å². The number of hydrogen-bond acceptors (Lipinski definition) is 4. The number of carbonyl (C=O) groups excluding carboxylic acids is 1. The summed E-state index contributed by atoms with van der Waals surface area (Å²) < 4.78 is 24.7. The zero-order valence-corrected chi connectivity index (χ0v) is 16.1. The number of sulfone groups is 1. The lowest BCUT2D eigenvalue weighted by Crippen LogP contribution is -2.35. The van der Waals surface area contributed by atoms with Gasteiger partial charge in [-0.2, -0.15) is 0 Å². The minimum atomic E-state index is -3.37. The van der Waals surface area contributed by atoms with Crippen molar-refractivity contribution in [2.75, 3.05) is 25.4 Å². The van der Waals surface area contributed by atoms with Gasteiger partial charge in [0.2, 0.25) is 5.91 Å². The fourth-order valence-electron chi connectivity index (χ4n) is 2.61. The second-order valence-electron chi connectivity index (χ2n) is 7.07. The van der Waals surface area contributed by atoms with Crippen LogP contribution in [-0.4, -0.2) is 39.7 Å². The van der Waals surface area contributed by atoms with Crippen molar-refractivity contribution in [1.82, 2.24) is 10.6 Å². The zero-order valence-electron chi connectivity index (χ0n) is 14.5. The molecule has 2 N–H and O–H groups in total. The maximum Gasteiger partial charge on any atom is 0.224 e. The molecule has 136 valence electrons. The lowest BCUT2D eigenvalue weighted by atomic mass is 9.87. The molecule has 1 unspecified atom stereocenters. The van der Waals surface area contributed by atoms with Gasteiger partial charge in [0, 0.05) is 13.1 Å². The fraction of sp³-hybridized carbons (Fsp3) is 0.588. The first kappa shape index (κ1) is 20.9. The number of carbonyl (C=O) groups is 1. The van der Waals surface area contributed by atoms with Gasteiger partial charge in [0.15, 0.2) is 9.84 Å². The molecular formula is C17H27ClN2O3S. The van der Waals surface area contributed by atoms with Crippen molar-refractivity contribution in [2.24, 2.45) is 5.92 Å². The number of rotatable bonds is 5. The summed E-state index contributed by atoms with van der Waals surface area (Å²) in [5.74, 6) is -0.176. The number of hydrogen-bond donors (Lipinski definition) is 2. The monoisotopic (exact) mass is 374 g/mol.